The highest BCUT2D eigenvalue weighted by Gasteiger charge is 2.25. The molecule has 1 aliphatic rings. The third-order valence-electron chi connectivity index (χ3n) is 4.87. The van der Waals surface area contributed by atoms with Crippen molar-refractivity contribution in [2.24, 2.45) is 0 Å². The number of nitrogens with zero attached hydrogens (tertiary/aromatic N) is 3. The quantitative estimate of drug-likeness (QED) is 0.653. The van der Waals surface area contributed by atoms with Crippen LogP contribution in [-0.4, -0.2) is 46.9 Å². The van der Waals surface area contributed by atoms with Crippen LogP contribution in [0.2, 0.25) is 0 Å². The highest BCUT2D eigenvalue weighted by molar-refractivity contribution is 7.22. The van der Waals surface area contributed by atoms with Gasteiger partial charge in [0.05, 0.1) is 10.6 Å². The Bertz CT molecular complexity index is 925. The summed E-state index contributed by atoms with van der Waals surface area (Å²) in [5, 5.41) is 2.99. The van der Waals surface area contributed by atoms with Gasteiger partial charge in [0, 0.05) is 32.7 Å². The van der Waals surface area contributed by atoms with Gasteiger partial charge in [-0.2, -0.15) is 0 Å². The van der Waals surface area contributed by atoms with Crippen LogP contribution < -0.4 is 0 Å². The van der Waals surface area contributed by atoms with E-state index in [0.717, 1.165) is 53.2 Å². The van der Waals surface area contributed by atoms with E-state index >= 15 is 0 Å². The minimum Gasteiger partial charge on any atom is -0.335 e. The number of rotatable bonds is 4. The molecule has 0 atom stereocenters. The fourth-order valence-corrected chi connectivity index (χ4v) is 5.25. The molecule has 4 rings (SSSR count). The first-order chi connectivity index (χ1) is 13.1. The number of aryl methyl sites for hydroxylation is 2. The number of carbonyl (C=O) groups excluding carboxylic acids is 1. The Labute approximate surface area is 168 Å². The molecular weight excluding hydrogens is 374 g/mol. The van der Waals surface area contributed by atoms with E-state index < -0.39 is 0 Å². The zero-order valence-corrected chi connectivity index (χ0v) is 17.3. The number of benzene rings is 1. The normalized spacial score (nSPS) is 15.3. The van der Waals surface area contributed by atoms with Gasteiger partial charge in [0.2, 0.25) is 0 Å². The Morgan fingerprint density at radius 1 is 1.11 bits per heavy atom. The molecule has 3 heterocycles. The largest absolute Gasteiger partial charge is 0.335 e. The van der Waals surface area contributed by atoms with Crippen molar-refractivity contribution in [2.75, 3.05) is 26.2 Å². The van der Waals surface area contributed by atoms with Crippen LogP contribution in [0.25, 0.3) is 9.88 Å². The number of amides is 1. The van der Waals surface area contributed by atoms with Crippen molar-refractivity contribution in [3.8, 4) is 9.88 Å². The van der Waals surface area contributed by atoms with Crippen LogP contribution >= 0.6 is 22.7 Å². The summed E-state index contributed by atoms with van der Waals surface area (Å²) in [6.45, 7) is 8.39. The summed E-state index contributed by atoms with van der Waals surface area (Å²) in [7, 11) is 0. The second-order valence-electron chi connectivity index (χ2n) is 6.97. The van der Waals surface area contributed by atoms with Gasteiger partial charge in [-0.3, -0.25) is 9.69 Å². The summed E-state index contributed by atoms with van der Waals surface area (Å²) in [6, 6.07) is 12.7. The lowest BCUT2D eigenvalue weighted by Crippen LogP contribution is -2.48. The molecular formula is C21H23N3OS2. The van der Waals surface area contributed by atoms with Gasteiger partial charge in [0.25, 0.3) is 5.91 Å². The van der Waals surface area contributed by atoms with Crippen LogP contribution in [-0.2, 0) is 6.54 Å². The van der Waals surface area contributed by atoms with E-state index in [1.54, 1.807) is 11.3 Å². The molecule has 1 aliphatic heterocycles. The van der Waals surface area contributed by atoms with E-state index in [9.17, 15) is 4.79 Å². The predicted octanol–water partition coefficient (Wildman–Crippen LogP) is 4.45. The Balaban J connectivity index is 1.39. The SMILES string of the molecule is Cc1cccc(CN2CCN(C(=O)c3sc(-c4cccs4)nc3C)CC2)c1. The molecule has 3 aromatic rings. The third kappa shape index (κ3) is 4.13. The maximum atomic E-state index is 13.0. The maximum Gasteiger partial charge on any atom is 0.265 e. The fourth-order valence-electron chi connectivity index (χ4n) is 3.42. The van der Waals surface area contributed by atoms with Crippen LogP contribution in [0.5, 0.6) is 0 Å². The number of hydrogen-bond donors (Lipinski definition) is 0. The van der Waals surface area contributed by atoms with Crippen LogP contribution in [0.15, 0.2) is 41.8 Å². The van der Waals surface area contributed by atoms with E-state index in [1.165, 1.54) is 22.5 Å². The molecule has 0 radical (unpaired) electrons. The van der Waals surface area contributed by atoms with Gasteiger partial charge in [-0.05, 0) is 30.9 Å². The summed E-state index contributed by atoms with van der Waals surface area (Å²) in [5.41, 5.74) is 3.48. The zero-order valence-electron chi connectivity index (χ0n) is 15.6. The second-order valence-corrected chi connectivity index (χ2v) is 8.92. The van der Waals surface area contributed by atoms with E-state index in [0.29, 0.717) is 0 Å². The number of aromatic nitrogens is 1. The lowest BCUT2D eigenvalue weighted by atomic mass is 10.1. The van der Waals surface area contributed by atoms with Crippen molar-refractivity contribution in [3.63, 3.8) is 0 Å². The van der Waals surface area contributed by atoms with Crippen molar-refractivity contribution in [3.05, 3.63) is 63.5 Å². The van der Waals surface area contributed by atoms with Gasteiger partial charge in [0.15, 0.2) is 0 Å². The van der Waals surface area contributed by atoms with Crippen molar-refractivity contribution < 1.29 is 4.79 Å². The molecule has 1 aromatic carbocycles. The van der Waals surface area contributed by atoms with Gasteiger partial charge in [-0.25, -0.2) is 4.98 Å². The number of piperazine rings is 1. The van der Waals surface area contributed by atoms with E-state index in [4.69, 9.17) is 0 Å². The van der Waals surface area contributed by atoms with E-state index in [2.05, 4.69) is 47.1 Å². The van der Waals surface area contributed by atoms with Crippen LogP contribution in [0, 0.1) is 13.8 Å². The standard InChI is InChI=1S/C21H23N3OS2/c1-15-5-3-6-17(13-15)14-23-8-10-24(11-9-23)21(25)19-16(2)22-20(27-19)18-7-4-12-26-18/h3-7,12-13H,8-11,14H2,1-2H3. The summed E-state index contributed by atoms with van der Waals surface area (Å²) >= 11 is 3.18. The first-order valence-electron chi connectivity index (χ1n) is 9.18. The molecule has 4 nitrogen and oxygen atoms in total. The van der Waals surface area contributed by atoms with Gasteiger partial charge in [-0.1, -0.05) is 35.9 Å². The first-order valence-corrected chi connectivity index (χ1v) is 10.9. The van der Waals surface area contributed by atoms with Crippen molar-refractivity contribution in [1.82, 2.24) is 14.8 Å². The van der Waals surface area contributed by atoms with E-state index in [1.807, 2.05) is 23.3 Å². The first kappa shape index (κ1) is 18.3. The molecule has 1 saturated heterocycles. The summed E-state index contributed by atoms with van der Waals surface area (Å²) in [5.74, 6) is 0.128. The summed E-state index contributed by atoms with van der Waals surface area (Å²) < 4.78 is 0. The minimum absolute atomic E-state index is 0.128. The molecule has 0 saturated carbocycles. The van der Waals surface area contributed by atoms with Crippen LogP contribution in [0.3, 0.4) is 0 Å². The highest BCUT2D eigenvalue weighted by Crippen LogP contribution is 2.31. The molecule has 6 heteroatoms. The predicted molar refractivity (Wildman–Crippen MR) is 113 cm³/mol. The lowest BCUT2D eigenvalue weighted by Gasteiger charge is -2.34. The molecule has 1 fully saturated rings. The third-order valence-corrected chi connectivity index (χ3v) is 7.06. The van der Waals surface area contributed by atoms with E-state index in [-0.39, 0.29) is 5.91 Å². The van der Waals surface area contributed by atoms with Crippen molar-refractivity contribution in [1.29, 1.82) is 0 Å². The fraction of sp³-hybridized carbons (Fsp3) is 0.333. The van der Waals surface area contributed by atoms with Gasteiger partial charge >= 0.3 is 0 Å². The van der Waals surface area contributed by atoms with Gasteiger partial charge in [0.1, 0.15) is 9.88 Å². The van der Waals surface area contributed by atoms with Crippen LogP contribution in [0.1, 0.15) is 26.5 Å². The Morgan fingerprint density at radius 2 is 1.93 bits per heavy atom. The van der Waals surface area contributed by atoms with Gasteiger partial charge in [-0.15, -0.1) is 22.7 Å². The second kappa shape index (κ2) is 7.92. The zero-order chi connectivity index (χ0) is 18.8. The molecule has 0 unspecified atom stereocenters. The molecule has 2 aromatic heterocycles. The average molecular weight is 398 g/mol. The number of thiazole rings is 1. The molecule has 0 aliphatic carbocycles. The van der Waals surface area contributed by atoms with Gasteiger partial charge < -0.3 is 4.90 Å². The molecule has 27 heavy (non-hydrogen) atoms. The number of thiophene rings is 1. The van der Waals surface area contributed by atoms with Crippen molar-refractivity contribution in [2.45, 2.75) is 20.4 Å². The maximum absolute atomic E-state index is 13.0. The molecule has 0 N–H and O–H groups in total. The molecule has 1 amide bonds. The summed E-state index contributed by atoms with van der Waals surface area (Å²) in [4.78, 5) is 23.9. The monoisotopic (exact) mass is 397 g/mol. The topological polar surface area (TPSA) is 36.4 Å². The van der Waals surface area contributed by atoms with Crippen molar-refractivity contribution >= 4 is 28.6 Å². The summed E-state index contributed by atoms with van der Waals surface area (Å²) in [6.07, 6.45) is 0. The number of hydrogen-bond acceptors (Lipinski definition) is 5. The highest BCUT2D eigenvalue weighted by atomic mass is 32.1. The Morgan fingerprint density at radius 3 is 2.63 bits per heavy atom. The molecule has 0 bridgehead atoms. The number of carbonyl (C=O) groups is 1. The lowest BCUT2D eigenvalue weighted by molar-refractivity contribution is 0.0632. The smallest absolute Gasteiger partial charge is 0.265 e. The Hall–Kier alpha value is -2.02. The molecule has 140 valence electrons. The Kier molecular flexibility index (Phi) is 5.38. The minimum atomic E-state index is 0.128. The average Bonchev–Trinajstić information content (AvgIpc) is 3.31. The van der Waals surface area contributed by atoms with Crippen LogP contribution in [0.4, 0.5) is 0 Å². The molecule has 0 spiro atoms.